The highest BCUT2D eigenvalue weighted by molar-refractivity contribution is 14.1. The summed E-state index contributed by atoms with van der Waals surface area (Å²) in [5, 5.41) is 4.32. The Labute approximate surface area is 122 Å². The molecular weight excluding hydrogens is 345 g/mol. The van der Waals surface area contributed by atoms with Gasteiger partial charge in [-0.25, -0.2) is 0 Å². The third-order valence-electron chi connectivity index (χ3n) is 3.65. The van der Waals surface area contributed by atoms with E-state index in [-0.39, 0.29) is 0 Å². The van der Waals surface area contributed by atoms with E-state index in [0.29, 0.717) is 0 Å². The highest BCUT2D eigenvalue weighted by Gasteiger charge is 2.17. The molecule has 0 aliphatic heterocycles. The van der Waals surface area contributed by atoms with Gasteiger partial charge in [0.05, 0.1) is 10.7 Å². The Morgan fingerprint density at radius 1 is 1.29 bits per heavy atom. The third kappa shape index (κ3) is 4.02. The van der Waals surface area contributed by atoms with Crippen molar-refractivity contribution in [2.24, 2.45) is 11.8 Å². The van der Waals surface area contributed by atoms with Gasteiger partial charge >= 0.3 is 0 Å². The van der Waals surface area contributed by atoms with Gasteiger partial charge in [-0.1, -0.05) is 31.4 Å². The van der Waals surface area contributed by atoms with Gasteiger partial charge < -0.3 is 5.32 Å². The SMILES string of the molecule is CC1CCC(CNc2ccc(I)cc2Cl)CC1. The van der Waals surface area contributed by atoms with E-state index in [4.69, 9.17) is 11.6 Å². The van der Waals surface area contributed by atoms with Crippen LogP contribution < -0.4 is 5.32 Å². The molecule has 0 spiro atoms. The van der Waals surface area contributed by atoms with Crippen LogP contribution in [0.2, 0.25) is 5.02 Å². The largest absolute Gasteiger partial charge is 0.384 e. The molecule has 1 N–H and O–H groups in total. The molecule has 17 heavy (non-hydrogen) atoms. The van der Waals surface area contributed by atoms with E-state index >= 15 is 0 Å². The number of nitrogens with one attached hydrogen (secondary N) is 1. The maximum atomic E-state index is 6.20. The number of rotatable bonds is 3. The first-order valence-corrected chi connectivity index (χ1v) is 7.79. The van der Waals surface area contributed by atoms with E-state index in [1.165, 1.54) is 29.3 Å². The van der Waals surface area contributed by atoms with Crippen LogP contribution in [0.1, 0.15) is 32.6 Å². The summed E-state index contributed by atoms with van der Waals surface area (Å²) in [5.74, 6) is 1.75. The fourth-order valence-electron chi connectivity index (χ4n) is 2.42. The summed E-state index contributed by atoms with van der Waals surface area (Å²) in [5.41, 5.74) is 1.07. The summed E-state index contributed by atoms with van der Waals surface area (Å²) >= 11 is 8.49. The molecule has 0 radical (unpaired) electrons. The molecule has 0 heterocycles. The quantitative estimate of drug-likeness (QED) is 0.729. The van der Waals surface area contributed by atoms with Gasteiger partial charge in [0.15, 0.2) is 0 Å². The van der Waals surface area contributed by atoms with Gasteiger partial charge in [-0.2, -0.15) is 0 Å². The van der Waals surface area contributed by atoms with E-state index in [0.717, 1.165) is 29.1 Å². The zero-order valence-electron chi connectivity index (χ0n) is 10.2. The van der Waals surface area contributed by atoms with Crippen molar-refractivity contribution in [3.05, 3.63) is 26.8 Å². The lowest BCUT2D eigenvalue weighted by molar-refractivity contribution is 0.300. The van der Waals surface area contributed by atoms with Gasteiger partial charge in [0.2, 0.25) is 0 Å². The van der Waals surface area contributed by atoms with Crippen molar-refractivity contribution in [2.75, 3.05) is 11.9 Å². The summed E-state index contributed by atoms with van der Waals surface area (Å²) in [6.45, 7) is 3.42. The molecule has 94 valence electrons. The summed E-state index contributed by atoms with van der Waals surface area (Å²) in [6.07, 6.45) is 5.48. The molecule has 0 saturated heterocycles. The van der Waals surface area contributed by atoms with Crippen LogP contribution in [-0.4, -0.2) is 6.54 Å². The number of benzene rings is 1. The first-order valence-electron chi connectivity index (χ1n) is 6.34. The van der Waals surface area contributed by atoms with Crippen LogP contribution in [0.25, 0.3) is 0 Å². The maximum Gasteiger partial charge on any atom is 0.0648 e. The molecule has 0 bridgehead atoms. The van der Waals surface area contributed by atoms with Gasteiger partial charge in [0.1, 0.15) is 0 Å². The van der Waals surface area contributed by atoms with E-state index in [9.17, 15) is 0 Å². The van der Waals surface area contributed by atoms with E-state index in [1.807, 2.05) is 6.07 Å². The number of halogens is 2. The van der Waals surface area contributed by atoms with Crippen molar-refractivity contribution in [3.63, 3.8) is 0 Å². The van der Waals surface area contributed by atoms with Crippen LogP contribution in [0.3, 0.4) is 0 Å². The highest BCUT2D eigenvalue weighted by atomic mass is 127. The first-order chi connectivity index (χ1) is 8.15. The molecule has 0 atom stereocenters. The molecule has 1 fully saturated rings. The molecular formula is C14H19ClIN. The van der Waals surface area contributed by atoms with E-state index in [2.05, 4.69) is 47.0 Å². The minimum absolute atomic E-state index is 0.821. The smallest absolute Gasteiger partial charge is 0.0648 e. The van der Waals surface area contributed by atoms with Crippen molar-refractivity contribution in [3.8, 4) is 0 Å². The predicted octanol–water partition coefficient (Wildman–Crippen LogP) is 5.18. The number of hydrogen-bond acceptors (Lipinski definition) is 1. The van der Waals surface area contributed by atoms with Crippen LogP contribution in [0.15, 0.2) is 18.2 Å². The van der Waals surface area contributed by atoms with Crippen molar-refractivity contribution < 1.29 is 0 Å². The van der Waals surface area contributed by atoms with E-state index < -0.39 is 0 Å². The fraction of sp³-hybridized carbons (Fsp3) is 0.571. The zero-order valence-corrected chi connectivity index (χ0v) is 13.1. The van der Waals surface area contributed by atoms with Gasteiger partial charge in [0.25, 0.3) is 0 Å². The van der Waals surface area contributed by atoms with Crippen molar-refractivity contribution in [1.82, 2.24) is 0 Å². The van der Waals surface area contributed by atoms with Gasteiger partial charge in [-0.3, -0.25) is 0 Å². The molecule has 1 aliphatic carbocycles. The Bertz CT molecular complexity index is 372. The Balaban J connectivity index is 1.85. The molecule has 0 unspecified atom stereocenters. The normalized spacial score (nSPS) is 24.6. The average Bonchev–Trinajstić information content (AvgIpc) is 2.30. The minimum atomic E-state index is 0.821. The Morgan fingerprint density at radius 2 is 2.00 bits per heavy atom. The van der Waals surface area contributed by atoms with Crippen LogP contribution in [0.5, 0.6) is 0 Å². The Morgan fingerprint density at radius 3 is 2.65 bits per heavy atom. The van der Waals surface area contributed by atoms with Crippen molar-refractivity contribution in [2.45, 2.75) is 32.6 Å². The van der Waals surface area contributed by atoms with Gasteiger partial charge in [0, 0.05) is 10.1 Å². The molecule has 1 saturated carbocycles. The average molecular weight is 364 g/mol. The lowest BCUT2D eigenvalue weighted by atomic mass is 9.83. The second-order valence-corrected chi connectivity index (χ2v) is 6.78. The molecule has 1 nitrogen and oxygen atoms in total. The minimum Gasteiger partial charge on any atom is -0.384 e. The number of anilines is 1. The number of hydrogen-bond donors (Lipinski definition) is 1. The summed E-state index contributed by atoms with van der Waals surface area (Å²) < 4.78 is 1.18. The molecule has 1 aliphatic rings. The monoisotopic (exact) mass is 363 g/mol. The standard InChI is InChI=1S/C14H19ClIN/c1-10-2-4-11(5-3-10)9-17-14-7-6-12(16)8-13(14)15/h6-8,10-11,17H,2-5,9H2,1H3. The zero-order chi connectivity index (χ0) is 12.3. The van der Waals surface area contributed by atoms with Crippen LogP contribution >= 0.6 is 34.2 Å². The summed E-state index contributed by atoms with van der Waals surface area (Å²) in [4.78, 5) is 0. The topological polar surface area (TPSA) is 12.0 Å². The van der Waals surface area contributed by atoms with Gasteiger partial charge in [-0.05, 0) is 65.5 Å². The predicted molar refractivity (Wildman–Crippen MR) is 83.8 cm³/mol. The maximum absolute atomic E-state index is 6.20. The van der Waals surface area contributed by atoms with Gasteiger partial charge in [-0.15, -0.1) is 0 Å². The molecule has 2 rings (SSSR count). The fourth-order valence-corrected chi connectivity index (χ4v) is 3.34. The second-order valence-electron chi connectivity index (χ2n) is 5.13. The molecule has 1 aromatic carbocycles. The van der Waals surface area contributed by atoms with Crippen molar-refractivity contribution in [1.29, 1.82) is 0 Å². The first kappa shape index (κ1) is 13.5. The highest BCUT2D eigenvalue weighted by Crippen LogP contribution is 2.29. The van der Waals surface area contributed by atoms with Crippen molar-refractivity contribution >= 4 is 39.9 Å². The molecule has 1 aromatic rings. The van der Waals surface area contributed by atoms with Crippen LogP contribution in [0.4, 0.5) is 5.69 Å². The third-order valence-corrected chi connectivity index (χ3v) is 4.63. The molecule has 0 amide bonds. The summed E-state index contributed by atoms with van der Waals surface area (Å²) in [6, 6.07) is 6.18. The molecule has 3 heteroatoms. The van der Waals surface area contributed by atoms with E-state index in [1.54, 1.807) is 0 Å². The second kappa shape index (κ2) is 6.28. The lowest BCUT2D eigenvalue weighted by Crippen LogP contribution is -2.20. The van der Waals surface area contributed by atoms with Crippen LogP contribution in [-0.2, 0) is 0 Å². The summed E-state index contributed by atoms with van der Waals surface area (Å²) in [7, 11) is 0. The molecule has 0 aromatic heterocycles. The van der Waals surface area contributed by atoms with Crippen LogP contribution in [0, 0.1) is 15.4 Å². The Hall–Kier alpha value is 0.0400. The Kier molecular flexibility index (Phi) is 4.97. The lowest BCUT2D eigenvalue weighted by Gasteiger charge is -2.26.